The molecule has 0 saturated heterocycles. The third kappa shape index (κ3) is 5.75. The van der Waals surface area contributed by atoms with E-state index in [0.29, 0.717) is 5.82 Å². The van der Waals surface area contributed by atoms with Crippen LogP contribution in [0, 0.1) is 0 Å². The van der Waals surface area contributed by atoms with Gasteiger partial charge in [-0.1, -0.05) is 145 Å². The summed E-state index contributed by atoms with van der Waals surface area (Å²) < 4.78 is 0. The van der Waals surface area contributed by atoms with Crippen LogP contribution in [0.3, 0.4) is 0 Å². The van der Waals surface area contributed by atoms with Gasteiger partial charge in [0, 0.05) is 62.4 Å². The van der Waals surface area contributed by atoms with E-state index >= 15 is 0 Å². The fourth-order valence-corrected chi connectivity index (χ4v) is 10.7. The number of rotatable bonds is 6. The first-order valence-electron chi connectivity index (χ1n) is 20.7. The molecule has 0 saturated carbocycles. The third-order valence-corrected chi connectivity index (χ3v) is 13.3. The smallest absolute Gasteiger partial charge is 0.161 e. The molecule has 0 unspecified atom stereocenters. The lowest BCUT2D eigenvalue weighted by Crippen LogP contribution is -2.31. The Labute approximate surface area is 364 Å². The molecule has 1 aliphatic heterocycles. The molecule has 5 heterocycles. The van der Waals surface area contributed by atoms with Crippen molar-refractivity contribution in [2.45, 2.75) is 15.2 Å². The van der Waals surface area contributed by atoms with Crippen molar-refractivity contribution in [1.82, 2.24) is 24.9 Å². The number of hydrogen-bond acceptors (Lipinski definition) is 6. The molecule has 0 bridgehead atoms. The summed E-state index contributed by atoms with van der Waals surface area (Å²) in [5, 5.41) is 0. The molecule has 62 heavy (non-hydrogen) atoms. The van der Waals surface area contributed by atoms with Crippen molar-refractivity contribution >= 4 is 11.8 Å². The lowest BCUT2D eigenvalue weighted by atomic mass is 9.67. The number of benzene rings is 6. The van der Waals surface area contributed by atoms with Crippen LogP contribution in [0.1, 0.15) is 22.3 Å². The van der Waals surface area contributed by atoms with Crippen LogP contribution in [0.5, 0.6) is 0 Å². The topological polar surface area (TPSA) is 64.5 Å². The van der Waals surface area contributed by atoms with Crippen LogP contribution in [0.15, 0.2) is 223 Å². The molecule has 0 fully saturated rings. The number of aromatic nitrogens is 5. The molecule has 12 rings (SSSR count). The lowest BCUT2D eigenvalue weighted by molar-refractivity contribution is 0.722. The van der Waals surface area contributed by atoms with E-state index < -0.39 is 5.41 Å². The minimum atomic E-state index is -0.622. The molecule has 1 spiro atoms. The zero-order valence-corrected chi connectivity index (χ0v) is 34.2. The molecule has 0 radical (unpaired) electrons. The van der Waals surface area contributed by atoms with Crippen molar-refractivity contribution in [3.8, 4) is 78.7 Å². The lowest BCUT2D eigenvalue weighted by Gasteiger charge is -2.39. The summed E-state index contributed by atoms with van der Waals surface area (Å²) in [5.74, 6) is 0.677. The second-order valence-corrected chi connectivity index (χ2v) is 16.7. The molecule has 0 N–H and O–H groups in total. The normalized spacial score (nSPS) is 12.9. The summed E-state index contributed by atoms with van der Waals surface area (Å²) in [4.78, 5) is 27.3. The summed E-state index contributed by atoms with van der Waals surface area (Å²) in [6.07, 6.45) is 7.30. The highest BCUT2D eigenvalue weighted by Crippen LogP contribution is 2.64. The zero-order valence-electron chi connectivity index (χ0n) is 33.4. The quantitative estimate of drug-likeness (QED) is 0.167. The maximum absolute atomic E-state index is 5.44. The minimum Gasteiger partial charge on any atom is -0.265 e. The summed E-state index contributed by atoms with van der Waals surface area (Å²) in [7, 11) is 0. The Morgan fingerprint density at radius 1 is 0.323 bits per heavy atom. The van der Waals surface area contributed by atoms with Crippen LogP contribution >= 0.6 is 11.8 Å². The number of nitrogens with zero attached hydrogens (tertiary/aromatic N) is 5. The van der Waals surface area contributed by atoms with E-state index in [2.05, 4.69) is 162 Å². The van der Waals surface area contributed by atoms with Crippen molar-refractivity contribution in [3.05, 3.63) is 235 Å². The van der Waals surface area contributed by atoms with Crippen molar-refractivity contribution in [3.63, 3.8) is 0 Å². The molecule has 6 heteroatoms. The number of fused-ring (bicyclic) bond motifs is 9. The van der Waals surface area contributed by atoms with Gasteiger partial charge < -0.3 is 0 Å². The molecule has 0 amide bonds. The van der Waals surface area contributed by atoms with Gasteiger partial charge in [-0.3, -0.25) is 9.97 Å². The summed E-state index contributed by atoms with van der Waals surface area (Å²) in [6.45, 7) is 0. The van der Waals surface area contributed by atoms with E-state index in [0.717, 1.165) is 72.8 Å². The largest absolute Gasteiger partial charge is 0.265 e. The maximum atomic E-state index is 5.44. The second-order valence-electron chi connectivity index (χ2n) is 15.6. The van der Waals surface area contributed by atoms with Gasteiger partial charge in [-0.25, -0.2) is 15.0 Å². The van der Waals surface area contributed by atoms with Gasteiger partial charge in [-0.15, -0.1) is 0 Å². The Bertz CT molecular complexity index is 2980. The van der Waals surface area contributed by atoms with E-state index in [1.807, 2.05) is 72.9 Å². The maximum Gasteiger partial charge on any atom is 0.161 e. The van der Waals surface area contributed by atoms with Crippen LogP contribution in [0.4, 0.5) is 0 Å². The summed E-state index contributed by atoms with van der Waals surface area (Å²) in [6, 6.07) is 67.0. The zero-order chi connectivity index (χ0) is 41.0. The van der Waals surface area contributed by atoms with Crippen molar-refractivity contribution in [2.75, 3.05) is 0 Å². The fraction of sp³-hybridized carbons (Fsp3) is 0.0179. The molecule has 1 aliphatic carbocycles. The average molecular weight is 810 g/mol. The van der Waals surface area contributed by atoms with Crippen LogP contribution in [0.25, 0.3) is 78.7 Å². The average Bonchev–Trinajstić information content (AvgIpc) is 3.65. The highest BCUT2D eigenvalue weighted by Gasteiger charge is 2.51. The molecule has 290 valence electrons. The number of pyridine rings is 3. The van der Waals surface area contributed by atoms with Crippen molar-refractivity contribution < 1.29 is 0 Å². The van der Waals surface area contributed by atoms with Gasteiger partial charge in [0.15, 0.2) is 5.82 Å². The third-order valence-electron chi connectivity index (χ3n) is 12.2. The van der Waals surface area contributed by atoms with Crippen LogP contribution in [-0.4, -0.2) is 24.9 Å². The summed E-state index contributed by atoms with van der Waals surface area (Å²) in [5.41, 5.74) is 17.3. The Morgan fingerprint density at radius 3 is 1.27 bits per heavy atom. The predicted molar refractivity (Wildman–Crippen MR) is 249 cm³/mol. The highest BCUT2D eigenvalue weighted by molar-refractivity contribution is 7.99. The molecule has 2 aliphatic rings. The van der Waals surface area contributed by atoms with Crippen LogP contribution in [-0.2, 0) is 5.41 Å². The first-order valence-corrected chi connectivity index (χ1v) is 21.5. The number of hydrogen-bond donors (Lipinski definition) is 0. The van der Waals surface area contributed by atoms with Gasteiger partial charge in [0.2, 0.25) is 0 Å². The molecular formula is C56H35N5S. The van der Waals surface area contributed by atoms with E-state index in [4.69, 9.17) is 15.0 Å². The monoisotopic (exact) mass is 809 g/mol. The van der Waals surface area contributed by atoms with Gasteiger partial charge in [0.25, 0.3) is 0 Å². The highest BCUT2D eigenvalue weighted by atomic mass is 32.2. The molecule has 5 nitrogen and oxygen atoms in total. The van der Waals surface area contributed by atoms with Gasteiger partial charge in [-0.05, 0) is 99.1 Å². The van der Waals surface area contributed by atoms with E-state index in [1.54, 1.807) is 0 Å². The fourth-order valence-electron chi connectivity index (χ4n) is 9.52. The Morgan fingerprint density at radius 2 is 0.742 bits per heavy atom. The Kier molecular flexibility index (Phi) is 8.57. The second kappa shape index (κ2) is 14.7. The van der Waals surface area contributed by atoms with Gasteiger partial charge in [-0.2, -0.15) is 0 Å². The molecular weight excluding hydrogens is 775 g/mol. The van der Waals surface area contributed by atoms with Crippen LogP contribution in [0.2, 0.25) is 0 Å². The summed E-state index contributed by atoms with van der Waals surface area (Å²) >= 11 is 1.85. The first-order chi connectivity index (χ1) is 30.7. The molecule has 6 aromatic carbocycles. The van der Waals surface area contributed by atoms with Gasteiger partial charge in [0.05, 0.1) is 28.2 Å². The SMILES string of the molecule is c1ccc(-c2cc(-c3ccccc3)nc(-c3cccc4c3-c3c(-c5cc(-c6ccncc6)nc(-c6ccncc6)c5)cccc3C43c4ccccc4Sc4ccccc43)n2)cc1. The first kappa shape index (κ1) is 36.1. The predicted octanol–water partition coefficient (Wildman–Crippen LogP) is 13.5. The van der Waals surface area contributed by atoms with Crippen LogP contribution < -0.4 is 0 Å². The molecule has 4 aromatic heterocycles. The standard InChI is InChI=1S/C56H35N5S/c1-3-13-36(14-4-1)49-35-50(37-15-5-2-6-16-37)61-55(60-49)42-18-12-22-46-54(42)53-41(40-33-47(38-25-29-57-30-26-38)59-48(34-40)39-27-31-58-32-28-39)17-11-21-45(53)56(46)43-19-7-9-23-51(43)62-52-24-10-8-20-44(52)56/h1-35H. The van der Waals surface area contributed by atoms with Crippen molar-refractivity contribution in [2.24, 2.45) is 0 Å². The Hall–Kier alpha value is -7.80. The van der Waals surface area contributed by atoms with Crippen molar-refractivity contribution in [1.29, 1.82) is 0 Å². The van der Waals surface area contributed by atoms with E-state index in [-0.39, 0.29) is 0 Å². The van der Waals surface area contributed by atoms with Gasteiger partial charge in [0.1, 0.15) is 0 Å². The minimum absolute atomic E-state index is 0.622. The van der Waals surface area contributed by atoms with E-state index in [9.17, 15) is 0 Å². The van der Waals surface area contributed by atoms with Gasteiger partial charge >= 0.3 is 0 Å². The van der Waals surface area contributed by atoms with E-state index in [1.165, 1.54) is 32.0 Å². The Balaban J connectivity index is 1.21. The molecule has 10 aromatic rings. The molecule has 0 atom stereocenters.